The Morgan fingerprint density at radius 1 is 0.833 bits per heavy atom. The van der Waals surface area contributed by atoms with Crippen LogP contribution in [0.3, 0.4) is 0 Å². The van der Waals surface area contributed by atoms with Crippen LogP contribution in [0.25, 0.3) is 0 Å². The number of fused-ring (bicyclic) bond motifs is 1. The van der Waals surface area contributed by atoms with E-state index in [0.717, 1.165) is 9.87 Å². The maximum atomic E-state index is 14.7. The third kappa shape index (κ3) is 8.42. The summed E-state index contributed by atoms with van der Waals surface area (Å²) in [5.74, 6) is -0.129. The van der Waals surface area contributed by atoms with Crippen molar-refractivity contribution in [2.24, 2.45) is 0 Å². The molecule has 4 aromatic rings. The van der Waals surface area contributed by atoms with Crippen molar-refractivity contribution in [2.45, 2.75) is 50.2 Å². The summed E-state index contributed by atoms with van der Waals surface area (Å²) >= 11 is 12.6. The molecule has 1 aliphatic rings. The van der Waals surface area contributed by atoms with Crippen LogP contribution >= 0.6 is 23.2 Å². The highest BCUT2D eigenvalue weighted by Crippen LogP contribution is 2.36. The minimum Gasteiger partial charge on any atom is -0.486 e. The highest BCUT2D eigenvalue weighted by atomic mass is 35.5. The molecule has 48 heavy (non-hydrogen) atoms. The zero-order valence-electron chi connectivity index (χ0n) is 26.6. The van der Waals surface area contributed by atoms with Crippen molar-refractivity contribution in [1.82, 2.24) is 10.2 Å². The Morgan fingerprint density at radius 3 is 2.17 bits per heavy atom. The second-order valence-corrected chi connectivity index (χ2v) is 14.1. The summed E-state index contributed by atoms with van der Waals surface area (Å²) in [6, 6.07) is 25.8. The standard InChI is InChI=1S/C36H37Cl2N3O6S/c1-3-25(2)39-36(43)32(21-26-10-6-4-7-11-26)40(23-27-14-16-30(37)31(38)20-27)35(42)24-41(48(44,45)29-12-8-5-9-13-29)28-15-17-33-34(22-28)47-19-18-46-33/h4-17,20,22,25,32H,3,18-19,21,23-24H2,1-2H3,(H,39,43)/t25-,32+/m0/s1. The number of sulfonamides is 1. The average molecular weight is 711 g/mol. The first kappa shape index (κ1) is 35.1. The third-order valence-corrected chi connectivity index (χ3v) is 10.6. The maximum absolute atomic E-state index is 14.7. The van der Waals surface area contributed by atoms with E-state index in [1.807, 2.05) is 44.2 Å². The van der Waals surface area contributed by atoms with Crippen LogP contribution in [0.5, 0.6) is 11.5 Å². The fraction of sp³-hybridized carbons (Fsp3) is 0.278. The van der Waals surface area contributed by atoms with Crippen molar-refractivity contribution >= 4 is 50.7 Å². The highest BCUT2D eigenvalue weighted by molar-refractivity contribution is 7.92. The number of nitrogens with zero attached hydrogens (tertiary/aromatic N) is 2. The molecule has 2 atom stereocenters. The predicted octanol–water partition coefficient (Wildman–Crippen LogP) is 6.51. The van der Waals surface area contributed by atoms with Crippen LogP contribution in [-0.2, 0) is 32.6 Å². The molecule has 0 saturated carbocycles. The van der Waals surface area contributed by atoms with Crippen LogP contribution in [-0.4, -0.2) is 57.0 Å². The summed E-state index contributed by atoms with van der Waals surface area (Å²) in [6.45, 7) is 3.85. The lowest BCUT2D eigenvalue weighted by molar-refractivity contribution is -0.140. The Hall–Kier alpha value is -4.25. The molecule has 9 nitrogen and oxygen atoms in total. The van der Waals surface area contributed by atoms with Gasteiger partial charge < -0.3 is 19.7 Å². The van der Waals surface area contributed by atoms with Crippen LogP contribution < -0.4 is 19.1 Å². The lowest BCUT2D eigenvalue weighted by atomic mass is 10.0. The van der Waals surface area contributed by atoms with E-state index in [1.54, 1.807) is 54.6 Å². The van der Waals surface area contributed by atoms with E-state index in [2.05, 4.69) is 5.32 Å². The molecule has 0 spiro atoms. The molecule has 2 amide bonds. The SMILES string of the molecule is CC[C@H](C)NC(=O)[C@@H](Cc1ccccc1)N(Cc1ccc(Cl)c(Cl)c1)C(=O)CN(c1ccc2c(c1)OCCO2)S(=O)(=O)c1ccccc1. The fourth-order valence-electron chi connectivity index (χ4n) is 5.27. The summed E-state index contributed by atoms with van der Waals surface area (Å²) in [5, 5.41) is 3.65. The molecule has 1 N–H and O–H groups in total. The number of anilines is 1. The number of carbonyl (C=O) groups excluding carboxylic acids is 2. The lowest BCUT2D eigenvalue weighted by Gasteiger charge is -2.34. The molecule has 0 saturated heterocycles. The maximum Gasteiger partial charge on any atom is 0.264 e. The Labute approximate surface area is 291 Å². The number of halogens is 2. The summed E-state index contributed by atoms with van der Waals surface area (Å²) in [6.07, 6.45) is 0.864. The van der Waals surface area contributed by atoms with E-state index in [-0.39, 0.29) is 40.5 Å². The van der Waals surface area contributed by atoms with Crippen LogP contribution in [0.15, 0.2) is 102 Å². The highest BCUT2D eigenvalue weighted by Gasteiger charge is 2.35. The van der Waals surface area contributed by atoms with Crippen molar-refractivity contribution in [3.8, 4) is 11.5 Å². The molecule has 0 aliphatic carbocycles. The molecule has 252 valence electrons. The average Bonchev–Trinajstić information content (AvgIpc) is 3.10. The van der Waals surface area contributed by atoms with Gasteiger partial charge in [-0.2, -0.15) is 0 Å². The van der Waals surface area contributed by atoms with Crippen LogP contribution in [0.1, 0.15) is 31.4 Å². The summed E-state index contributed by atoms with van der Waals surface area (Å²) < 4.78 is 40.9. The van der Waals surface area contributed by atoms with Gasteiger partial charge in [-0.1, -0.05) is 84.7 Å². The minimum atomic E-state index is -4.27. The summed E-state index contributed by atoms with van der Waals surface area (Å²) in [4.78, 5) is 30.1. The molecule has 0 radical (unpaired) electrons. The van der Waals surface area contributed by atoms with Crippen LogP contribution in [0, 0.1) is 0 Å². The predicted molar refractivity (Wildman–Crippen MR) is 187 cm³/mol. The molecule has 12 heteroatoms. The second kappa shape index (κ2) is 15.8. The number of benzene rings is 4. The van der Waals surface area contributed by atoms with Crippen molar-refractivity contribution in [3.05, 3.63) is 118 Å². The van der Waals surface area contributed by atoms with E-state index in [1.165, 1.54) is 17.0 Å². The Balaban J connectivity index is 1.60. The summed E-state index contributed by atoms with van der Waals surface area (Å²) in [5.41, 5.74) is 1.65. The van der Waals surface area contributed by atoms with Crippen molar-refractivity contribution in [3.63, 3.8) is 0 Å². The van der Waals surface area contributed by atoms with E-state index in [0.29, 0.717) is 41.7 Å². The second-order valence-electron chi connectivity index (χ2n) is 11.4. The van der Waals surface area contributed by atoms with Crippen molar-refractivity contribution in [1.29, 1.82) is 0 Å². The van der Waals surface area contributed by atoms with Crippen LogP contribution in [0.2, 0.25) is 10.0 Å². The quantitative estimate of drug-likeness (QED) is 0.170. The van der Waals surface area contributed by atoms with Gasteiger partial charge in [-0.15, -0.1) is 0 Å². The minimum absolute atomic E-state index is 0.000860. The first-order chi connectivity index (χ1) is 23.1. The smallest absolute Gasteiger partial charge is 0.264 e. The molecule has 0 fully saturated rings. The van der Waals surface area contributed by atoms with Gasteiger partial charge in [0.25, 0.3) is 10.0 Å². The van der Waals surface area contributed by atoms with Gasteiger partial charge in [-0.05, 0) is 60.9 Å². The topological polar surface area (TPSA) is 105 Å². The molecular weight excluding hydrogens is 673 g/mol. The van der Waals surface area contributed by atoms with Gasteiger partial charge in [-0.3, -0.25) is 13.9 Å². The largest absolute Gasteiger partial charge is 0.486 e. The molecule has 0 aromatic heterocycles. The van der Waals surface area contributed by atoms with Gasteiger partial charge in [0.2, 0.25) is 11.8 Å². The van der Waals surface area contributed by atoms with Gasteiger partial charge >= 0.3 is 0 Å². The third-order valence-electron chi connectivity index (χ3n) is 8.03. The van der Waals surface area contributed by atoms with Crippen LogP contribution in [0.4, 0.5) is 5.69 Å². The zero-order valence-corrected chi connectivity index (χ0v) is 29.0. The number of carbonyl (C=O) groups is 2. The van der Waals surface area contributed by atoms with Crippen molar-refractivity contribution in [2.75, 3.05) is 24.1 Å². The van der Waals surface area contributed by atoms with Gasteiger partial charge in [0, 0.05) is 25.1 Å². The van der Waals surface area contributed by atoms with E-state index in [4.69, 9.17) is 32.7 Å². The van der Waals surface area contributed by atoms with E-state index < -0.39 is 28.5 Å². The molecule has 5 rings (SSSR count). The molecule has 0 unspecified atom stereocenters. The normalized spacial score (nSPS) is 13.7. The first-order valence-electron chi connectivity index (χ1n) is 15.6. The summed E-state index contributed by atoms with van der Waals surface area (Å²) in [7, 11) is -4.27. The molecular formula is C36H37Cl2N3O6S. The molecule has 4 aromatic carbocycles. The van der Waals surface area contributed by atoms with E-state index >= 15 is 0 Å². The number of hydrogen-bond acceptors (Lipinski definition) is 6. The number of nitrogens with one attached hydrogen (secondary N) is 1. The van der Waals surface area contributed by atoms with Gasteiger partial charge in [0.05, 0.1) is 20.6 Å². The molecule has 0 bridgehead atoms. The molecule has 1 aliphatic heterocycles. The first-order valence-corrected chi connectivity index (χ1v) is 17.8. The van der Waals surface area contributed by atoms with E-state index in [9.17, 15) is 18.0 Å². The number of hydrogen-bond donors (Lipinski definition) is 1. The Kier molecular flexibility index (Phi) is 11.5. The van der Waals surface area contributed by atoms with Crippen molar-refractivity contribution < 1.29 is 27.5 Å². The lowest BCUT2D eigenvalue weighted by Crippen LogP contribution is -2.54. The molecule has 1 heterocycles. The zero-order chi connectivity index (χ0) is 34.3. The number of rotatable bonds is 13. The Bertz CT molecular complexity index is 1840. The fourth-order valence-corrected chi connectivity index (χ4v) is 7.01. The van der Waals surface area contributed by atoms with Gasteiger partial charge in [-0.25, -0.2) is 8.42 Å². The number of ether oxygens (including phenoxy) is 2. The monoisotopic (exact) mass is 709 g/mol. The van der Waals surface area contributed by atoms with Gasteiger partial charge in [0.1, 0.15) is 25.8 Å². The van der Waals surface area contributed by atoms with Gasteiger partial charge in [0.15, 0.2) is 11.5 Å². The Morgan fingerprint density at radius 2 is 1.50 bits per heavy atom. The number of amides is 2.